The van der Waals surface area contributed by atoms with Gasteiger partial charge in [0.05, 0.1) is 5.92 Å². The van der Waals surface area contributed by atoms with Gasteiger partial charge in [-0.3, -0.25) is 0 Å². The summed E-state index contributed by atoms with van der Waals surface area (Å²) in [5.41, 5.74) is 8.67. The molecular formula is C10H12ClN3S. The van der Waals surface area contributed by atoms with Gasteiger partial charge in [-0.05, 0) is 5.56 Å². The summed E-state index contributed by atoms with van der Waals surface area (Å²) in [5, 5.41) is 8.87. The molecule has 0 radical (unpaired) electrons. The SMILES string of the molecule is Cl.NCC(c1ccccc1)c1nncs1. The van der Waals surface area contributed by atoms with E-state index in [1.807, 2.05) is 18.2 Å². The van der Waals surface area contributed by atoms with Crippen molar-refractivity contribution in [1.29, 1.82) is 0 Å². The molecule has 0 spiro atoms. The third-order valence-electron chi connectivity index (χ3n) is 2.11. The molecule has 0 amide bonds. The van der Waals surface area contributed by atoms with Gasteiger partial charge in [-0.25, -0.2) is 0 Å². The highest BCUT2D eigenvalue weighted by molar-refractivity contribution is 7.09. The van der Waals surface area contributed by atoms with Crippen molar-refractivity contribution in [3.63, 3.8) is 0 Å². The van der Waals surface area contributed by atoms with Crippen LogP contribution in [0.2, 0.25) is 0 Å². The van der Waals surface area contributed by atoms with Crippen LogP contribution in [0.3, 0.4) is 0 Å². The minimum atomic E-state index is 0. The van der Waals surface area contributed by atoms with Crippen LogP contribution < -0.4 is 5.73 Å². The lowest BCUT2D eigenvalue weighted by Gasteiger charge is -2.10. The zero-order chi connectivity index (χ0) is 9.80. The van der Waals surface area contributed by atoms with Crippen LogP contribution in [0.5, 0.6) is 0 Å². The molecule has 1 heterocycles. The van der Waals surface area contributed by atoms with Gasteiger partial charge in [0.15, 0.2) is 0 Å². The molecule has 1 aromatic carbocycles. The van der Waals surface area contributed by atoms with E-state index in [1.54, 1.807) is 16.8 Å². The number of nitrogens with two attached hydrogens (primary N) is 1. The molecule has 0 aliphatic carbocycles. The Morgan fingerprint density at radius 2 is 2.00 bits per heavy atom. The van der Waals surface area contributed by atoms with Gasteiger partial charge in [-0.15, -0.1) is 33.9 Å². The number of aromatic nitrogens is 2. The molecule has 0 bridgehead atoms. The molecule has 0 fully saturated rings. The summed E-state index contributed by atoms with van der Waals surface area (Å²) in [5.74, 6) is 0.184. The summed E-state index contributed by atoms with van der Waals surface area (Å²) < 4.78 is 0. The lowest BCUT2D eigenvalue weighted by molar-refractivity contribution is 0.791. The predicted molar refractivity (Wildman–Crippen MR) is 64.5 cm³/mol. The smallest absolute Gasteiger partial charge is 0.125 e. The number of rotatable bonds is 3. The minimum absolute atomic E-state index is 0. The first kappa shape index (κ1) is 12.1. The van der Waals surface area contributed by atoms with Gasteiger partial charge in [0.1, 0.15) is 10.5 Å². The first-order chi connectivity index (χ1) is 6.92. The summed E-state index contributed by atoms with van der Waals surface area (Å²) in [4.78, 5) is 0. The minimum Gasteiger partial charge on any atom is -0.329 e. The Labute approximate surface area is 98.8 Å². The summed E-state index contributed by atoms with van der Waals surface area (Å²) in [6.07, 6.45) is 0. The molecule has 0 aliphatic heterocycles. The van der Waals surface area contributed by atoms with E-state index in [-0.39, 0.29) is 18.3 Å². The van der Waals surface area contributed by atoms with Crippen molar-refractivity contribution in [3.8, 4) is 0 Å². The summed E-state index contributed by atoms with van der Waals surface area (Å²) >= 11 is 1.55. The van der Waals surface area contributed by atoms with Crippen molar-refractivity contribution < 1.29 is 0 Å². The molecule has 1 aromatic heterocycles. The summed E-state index contributed by atoms with van der Waals surface area (Å²) in [7, 11) is 0. The topological polar surface area (TPSA) is 51.8 Å². The zero-order valence-corrected chi connectivity index (χ0v) is 9.67. The quantitative estimate of drug-likeness (QED) is 0.895. The van der Waals surface area contributed by atoms with E-state index in [2.05, 4.69) is 22.3 Å². The van der Waals surface area contributed by atoms with Crippen LogP contribution in [0.4, 0.5) is 0 Å². The van der Waals surface area contributed by atoms with E-state index in [0.717, 1.165) is 5.01 Å². The average Bonchev–Trinajstić information content (AvgIpc) is 2.74. The van der Waals surface area contributed by atoms with Crippen molar-refractivity contribution in [2.24, 2.45) is 5.73 Å². The van der Waals surface area contributed by atoms with Crippen LogP contribution in [0.15, 0.2) is 35.8 Å². The van der Waals surface area contributed by atoms with E-state index < -0.39 is 0 Å². The van der Waals surface area contributed by atoms with Gasteiger partial charge in [-0.1, -0.05) is 30.3 Å². The van der Waals surface area contributed by atoms with Crippen LogP contribution in [0, 0.1) is 0 Å². The highest BCUT2D eigenvalue weighted by atomic mass is 35.5. The fourth-order valence-corrected chi connectivity index (χ4v) is 2.09. The molecule has 2 rings (SSSR count). The normalized spacial score (nSPS) is 11.8. The Morgan fingerprint density at radius 3 is 2.53 bits per heavy atom. The lowest BCUT2D eigenvalue weighted by atomic mass is 10.0. The second-order valence-electron chi connectivity index (χ2n) is 2.98. The Morgan fingerprint density at radius 1 is 1.27 bits per heavy atom. The van der Waals surface area contributed by atoms with Gasteiger partial charge in [0.2, 0.25) is 0 Å². The average molecular weight is 242 g/mol. The fraction of sp³-hybridized carbons (Fsp3) is 0.200. The number of nitrogens with zero attached hydrogens (tertiary/aromatic N) is 2. The van der Waals surface area contributed by atoms with E-state index >= 15 is 0 Å². The van der Waals surface area contributed by atoms with Gasteiger partial charge in [0.25, 0.3) is 0 Å². The van der Waals surface area contributed by atoms with Crippen LogP contribution in [0.25, 0.3) is 0 Å². The standard InChI is InChI=1S/C10H11N3S.ClH/c11-6-9(10-13-12-7-14-10)8-4-2-1-3-5-8;/h1-5,7,9H,6,11H2;1H. The third kappa shape index (κ3) is 2.75. The lowest BCUT2D eigenvalue weighted by Crippen LogP contribution is -2.13. The predicted octanol–water partition coefficient (Wildman–Crippen LogP) is 2.05. The van der Waals surface area contributed by atoms with Crippen molar-refractivity contribution in [2.45, 2.75) is 5.92 Å². The molecule has 0 saturated carbocycles. The van der Waals surface area contributed by atoms with Gasteiger partial charge in [0, 0.05) is 6.54 Å². The maximum Gasteiger partial charge on any atom is 0.125 e. The van der Waals surface area contributed by atoms with Crippen LogP contribution >= 0.6 is 23.7 Å². The zero-order valence-electron chi connectivity index (χ0n) is 8.04. The third-order valence-corrected chi connectivity index (χ3v) is 2.92. The molecule has 1 unspecified atom stereocenters. The molecule has 2 N–H and O–H groups in total. The van der Waals surface area contributed by atoms with Crippen molar-refractivity contribution in [1.82, 2.24) is 10.2 Å². The first-order valence-corrected chi connectivity index (χ1v) is 5.31. The van der Waals surface area contributed by atoms with Gasteiger partial charge < -0.3 is 5.73 Å². The van der Waals surface area contributed by atoms with Crippen LogP contribution in [-0.2, 0) is 0 Å². The monoisotopic (exact) mass is 241 g/mol. The number of benzene rings is 1. The molecule has 80 valence electrons. The van der Waals surface area contributed by atoms with Crippen LogP contribution in [0.1, 0.15) is 16.5 Å². The number of halogens is 1. The molecule has 3 nitrogen and oxygen atoms in total. The Balaban J connectivity index is 0.00000112. The maximum atomic E-state index is 5.73. The molecule has 5 heteroatoms. The van der Waals surface area contributed by atoms with Gasteiger partial charge in [-0.2, -0.15) is 0 Å². The summed E-state index contributed by atoms with van der Waals surface area (Å²) in [6, 6.07) is 10.2. The number of hydrogen-bond acceptors (Lipinski definition) is 4. The van der Waals surface area contributed by atoms with Crippen molar-refractivity contribution in [3.05, 3.63) is 46.4 Å². The Bertz CT molecular complexity index is 377. The molecular weight excluding hydrogens is 230 g/mol. The Hall–Kier alpha value is -0.970. The van der Waals surface area contributed by atoms with E-state index in [9.17, 15) is 0 Å². The number of hydrogen-bond donors (Lipinski definition) is 1. The summed E-state index contributed by atoms with van der Waals surface area (Å²) in [6.45, 7) is 0.569. The van der Waals surface area contributed by atoms with Gasteiger partial charge >= 0.3 is 0 Å². The highest BCUT2D eigenvalue weighted by Gasteiger charge is 2.14. The van der Waals surface area contributed by atoms with E-state index in [4.69, 9.17) is 5.73 Å². The van der Waals surface area contributed by atoms with Crippen LogP contribution in [-0.4, -0.2) is 16.7 Å². The van der Waals surface area contributed by atoms with Crippen molar-refractivity contribution in [2.75, 3.05) is 6.54 Å². The van der Waals surface area contributed by atoms with E-state index in [0.29, 0.717) is 6.54 Å². The van der Waals surface area contributed by atoms with E-state index in [1.165, 1.54) is 5.56 Å². The molecule has 15 heavy (non-hydrogen) atoms. The molecule has 0 aliphatic rings. The second kappa shape index (κ2) is 5.80. The molecule has 1 atom stereocenters. The Kier molecular flexibility index (Phi) is 4.68. The van der Waals surface area contributed by atoms with Crippen molar-refractivity contribution >= 4 is 23.7 Å². The molecule has 2 aromatic rings. The maximum absolute atomic E-state index is 5.73. The largest absolute Gasteiger partial charge is 0.329 e. The first-order valence-electron chi connectivity index (χ1n) is 4.43. The molecule has 0 saturated heterocycles. The fourth-order valence-electron chi connectivity index (χ4n) is 1.40. The highest BCUT2D eigenvalue weighted by Crippen LogP contribution is 2.23. The second-order valence-corrected chi connectivity index (χ2v) is 3.84.